The third-order valence-electron chi connectivity index (χ3n) is 2.82. The molecule has 0 aliphatic heterocycles. The monoisotopic (exact) mass is 224 g/mol. The smallest absolute Gasteiger partial charge is 0.221 e. The summed E-state index contributed by atoms with van der Waals surface area (Å²) in [7, 11) is 0. The van der Waals surface area contributed by atoms with Crippen molar-refractivity contribution in [2.75, 3.05) is 5.73 Å². The molecular formula is C13H12N4. The fourth-order valence-corrected chi connectivity index (χ4v) is 2.04. The Morgan fingerprint density at radius 1 is 1.18 bits per heavy atom. The summed E-state index contributed by atoms with van der Waals surface area (Å²) in [5, 5.41) is 1.23. The molecule has 0 saturated carbocycles. The molecule has 0 aliphatic carbocycles. The fourth-order valence-electron chi connectivity index (χ4n) is 2.04. The van der Waals surface area contributed by atoms with Gasteiger partial charge in [-0.25, -0.2) is 4.98 Å². The predicted octanol–water partition coefficient (Wildman–Crippen LogP) is 2.31. The van der Waals surface area contributed by atoms with E-state index >= 15 is 0 Å². The van der Waals surface area contributed by atoms with Gasteiger partial charge in [0.15, 0.2) is 0 Å². The first-order valence-corrected chi connectivity index (χ1v) is 5.41. The molecule has 0 unspecified atom stereocenters. The topological polar surface area (TPSA) is 56.7 Å². The number of anilines is 1. The van der Waals surface area contributed by atoms with E-state index in [0.29, 0.717) is 0 Å². The van der Waals surface area contributed by atoms with E-state index in [0.717, 1.165) is 11.3 Å². The average Bonchev–Trinajstić information content (AvgIpc) is 2.68. The highest BCUT2D eigenvalue weighted by Crippen LogP contribution is 2.23. The van der Waals surface area contributed by atoms with Gasteiger partial charge in [-0.3, -0.25) is 0 Å². The minimum absolute atomic E-state index is 0.290. The summed E-state index contributed by atoms with van der Waals surface area (Å²) in [6.07, 6.45) is 3.73. The van der Waals surface area contributed by atoms with Crippen LogP contribution in [-0.2, 0) is 0 Å². The van der Waals surface area contributed by atoms with Crippen molar-refractivity contribution in [2.24, 2.45) is 0 Å². The number of rotatable bonds is 1. The van der Waals surface area contributed by atoms with E-state index in [1.54, 1.807) is 6.20 Å². The van der Waals surface area contributed by atoms with Gasteiger partial charge in [-0.1, -0.05) is 18.2 Å². The number of nitrogens with zero attached hydrogens (tertiary/aromatic N) is 3. The third-order valence-corrected chi connectivity index (χ3v) is 2.82. The standard InChI is InChI=1S/C13H12N4/c1-9-8-17(11-5-3-2-4-10(9)11)12-6-7-15-13(14)16-12/h2-8H,1H3,(H2,14,15,16). The summed E-state index contributed by atoms with van der Waals surface area (Å²) >= 11 is 0. The SMILES string of the molecule is Cc1cn(-c2ccnc(N)n2)c2ccccc12. The van der Waals surface area contributed by atoms with E-state index in [4.69, 9.17) is 5.73 Å². The van der Waals surface area contributed by atoms with Gasteiger partial charge in [0.1, 0.15) is 5.82 Å². The Kier molecular flexibility index (Phi) is 2.08. The predicted molar refractivity (Wildman–Crippen MR) is 68.0 cm³/mol. The zero-order valence-electron chi connectivity index (χ0n) is 9.46. The van der Waals surface area contributed by atoms with E-state index in [-0.39, 0.29) is 5.95 Å². The van der Waals surface area contributed by atoms with Crippen molar-refractivity contribution in [3.05, 3.63) is 48.3 Å². The largest absolute Gasteiger partial charge is 0.368 e. The number of fused-ring (bicyclic) bond motifs is 1. The minimum Gasteiger partial charge on any atom is -0.368 e. The average molecular weight is 224 g/mol. The molecule has 2 heterocycles. The zero-order chi connectivity index (χ0) is 11.8. The van der Waals surface area contributed by atoms with Crippen LogP contribution in [0.15, 0.2) is 42.7 Å². The molecule has 2 N–H and O–H groups in total. The van der Waals surface area contributed by atoms with Crippen LogP contribution in [-0.4, -0.2) is 14.5 Å². The lowest BCUT2D eigenvalue weighted by Gasteiger charge is -2.03. The fraction of sp³-hybridized carbons (Fsp3) is 0.0769. The maximum Gasteiger partial charge on any atom is 0.221 e. The highest BCUT2D eigenvalue weighted by molar-refractivity contribution is 5.85. The van der Waals surface area contributed by atoms with Crippen molar-refractivity contribution in [3.63, 3.8) is 0 Å². The van der Waals surface area contributed by atoms with Crippen molar-refractivity contribution in [1.29, 1.82) is 0 Å². The van der Waals surface area contributed by atoms with Crippen LogP contribution in [0.2, 0.25) is 0 Å². The molecule has 0 bridgehead atoms. The number of nitrogens with two attached hydrogens (primary N) is 1. The molecule has 0 aliphatic rings. The van der Waals surface area contributed by atoms with Gasteiger partial charge in [0.25, 0.3) is 0 Å². The number of hydrogen-bond donors (Lipinski definition) is 1. The van der Waals surface area contributed by atoms with Crippen molar-refractivity contribution in [1.82, 2.24) is 14.5 Å². The van der Waals surface area contributed by atoms with Gasteiger partial charge in [0.05, 0.1) is 5.52 Å². The molecular weight excluding hydrogens is 212 g/mol. The molecule has 17 heavy (non-hydrogen) atoms. The summed E-state index contributed by atoms with van der Waals surface area (Å²) in [6.45, 7) is 2.09. The van der Waals surface area contributed by atoms with E-state index in [2.05, 4.69) is 35.2 Å². The number of aromatic nitrogens is 3. The molecule has 0 amide bonds. The highest BCUT2D eigenvalue weighted by Gasteiger charge is 2.07. The number of hydrogen-bond acceptors (Lipinski definition) is 3. The number of aryl methyl sites for hydroxylation is 1. The Morgan fingerprint density at radius 3 is 2.82 bits per heavy atom. The Labute approximate surface area is 98.7 Å². The number of benzene rings is 1. The number of para-hydroxylation sites is 1. The van der Waals surface area contributed by atoms with E-state index in [1.807, 2.05) is 22.8 Å². The van der Waals surface area contributed by atoms with Gasteiger partial charge in [-0.05, 0) is 24.6 Å². The van der Waals surface area contributed by atoms with Gasteiger partial charge in [0.2, 0.25) is 5.95 Å². The zero-order valence-corrected chi connectivity index (χ0v) is 9.46. The van der Waals surface area contributed by atoms with Crippen molar-refractivity contribution in [3.8, 4) is 5.82 Å². The molecule has 4 heteroatoms. The highest BCUT2D eigenvalue weighted by atomic mass is 15.1. The Morgan fingerprint density at radius 2 is 2.00 bits per heavy atom. The van der Waals surface area contributed by atoms with Crippen molar-refractivity contribution < 1.29 is 0 Å². The molecule has 0 atom stereocenters. The van der Waals surface area contributed by atoms with Crippen LogP contribution in [0.25, 0.3) is 16.7 Å². The van der Waals surface area contributed by atoms with Crippen molar-refractivity contribution in [2.45, 2.75) is 6.92 Å². The molecule has 2 aromatic heterocycles. The molecule has 0 spiro atoms. The van der Waals surface area contributed by atoms with Crippen LogP contribution in [0.1, 0.15) is 5.56 Å². The van der Waals surface area contributed by atoms with E-state index < -0.39 is 0 Å². The van der Waals surface area contributed by atoms with Gasteiger partial charge >= 0.3 is 0 Å². The number of nitrogen functional groups attached to an aromatic ring is 1. The van der Waals surface area contributed by atoms with Crippen LogP contribution in [0.5, 0.6) is 0 Å². The van der Waals surface area contributed by atoms with Gasteiger partial charge in [0, 0.05) is 17.8 Å². The normalized spacial score (nSPS) is 10.9. The first-order chi connectivity index (χ1) is 8.25. The first-order valence-electron chi connectivity index (χ1n) is 5.41. The molecule has 3 rings (SSSR count). The van der Waals surface area contributed by atoms with E-state index in [9.17, 15) is 0 Å². The summed E-state index contributed by atoms with van der Waals surface area (Å²) < 4.78 is 2.03. The van der Waals surface area contributed by atoms with Gasteiger partial charge in [-0.2, -0.15) is 4.98 Å². The lowest BCUT2D eigenvalue weighted by molar-refractivity contribution is 1.02. The third kappa shape index (κ3) is 1.54. The van der Waals surface area contributed by atoms with Crippen molar-refractivity contribution >= 4 is 16.9 Å². The molecule has 4 nitrogen and oxygen atoms in total. The minimum atomic E-state index is 0.290. The van der Waals surface area contributed by atoms with Gasteiger partial charge in [-0.15, -0.1) is 0 Å². The molecule has 0 fully saturated rings. The van der Waals surface area contributed by atoms with Crippen LogP contribution < -0.4 is 5.73 Å². The summed E-state index contributed by atoms with van der Waals surface area (Å²) in [4.78, 5) is 8.14. The summed E-state index contributed by atoms with van der Waals surface area (Å²) in [6, 6.07) is 10.1. The maximum absolute atomic E-state index is 5.61. The van der Waals surface area contributed by atoms with Crippen LogP contribution in [0, 0.1) is 6.92 Å². The molecule has 0 radical (unpaired) electrons. The maximum atomic E-state index is 5.61. The lowest BCUT2D eigenvalue weighted by atomic mass is 10.2. The second kappa shape index (κ2) is 3.59. The lowest BCUT2D eigenvalue weighted by Crippen LogP contribution is -2.00. The second-order valence-corrected chi connectivity index (χ2v) is 3.97. The summed E-state index contributed by atoms with van der Waals surface area (Å²) in [5.74, 6) is 1.08. The quantitative estimate of drug-likeness (QED) is 0.690. The first kappa shape index (κ1) is 9.84. The molecule has 84 valence electrons. The van der Waals surface area contributed by atoms with Crippen LogP contribution in [0.4, 0.5) is 5.95 Å². The van der Waals surface area contributed by atoms with Crippen LogP contribution in [0.3, 0.4) is 0 Å². The Hall–Kier alpha value is -2.36. The van der Waals surface area contributed by atoms with E-state index in [1.165, 1.54) is 10.9 Å². The van der Waals surface area contributed by atoms with Gasteiger partial charge < -0.3 is 10.3 Å². The second-order valence-electron chi connectivity index (χ2n) is 3.97. The van der Waals surface area contributed by atoms with Crippen LogP contribution >= 0.6 is 0 Å². The Bertz CT molecular complexity index is 685. The molecule has 0 saturated heterocycles. The molecule has 3 aromatic rings. The Balaban J connectivity index is 2.31. The summed E-state index contributed by atoms with van der Waals surface area (Å²) in [5.41, 5.74) is 7.96. The molecule has 1 aromatic carbocycles.